The van der Waals surface area contributed by atoms with Crippen molar-refractivity contribution in [1.29, 1.82) is 0 Å². The maximum atomic E-state index is 2.45. The number of hydrogen-bond donors (Lipinski definition) is 0. The van der Waals surface area contributed by atoms with Crippen LogP contribution in [-0.4, -0.2) is 0 Å². The molecule has 0 aromatic heterocycles. The lowest BCUT2D eigenvalue weighted by atomic mass is 9.70. The van der Waals surface area contributed by atoms with E-state index in [9.17, 15) is 0 Å². The summed E-state index contributed by atoms with van der Waals surface area (Å²) in [4.78, 5) is 2.66. The standard InChI is InChI=1S/C49H28S/c1-3-14-33-29(10-1)22-25-41-47(33)48-34-15-4-2-11-30(34)23-26-42(48)49(41)39-19-6-5-16-37(39)46-35(17-9-20-40(46)49)32-24-27-43-38(28-32)36-18-7-12-31-13-8-21-44(50-43)45(31)36/h1-28H. The molecule has 0 fully saturated rings. The monoisotopic (exact) mass is 648 g/mol. The normalized spacial score (nSPS) is 14.1. The first-order chi connectivity index (χ1) is 24.8. The van der Waals surface area contributed by atoms with Crippen LogP contribution in [0.5, 0.6) is 0 Å². The van der Waals surface area contributed by atoms with Crippen molar-refractivity contribution in [2.75, 3.05) is 0 Å². The van der Waals surface area contributed by atoms with Crippen molar-refractivity contribution in [3.8, 4) is 44.5 Å². The van der Waals surface area contributed by atoms with E-state index in [0.29, 0.717) is 0 Å². The first kappa shape index (κ1) is 27.0. The minimum Gasteiger partial charge on any atom is -0.0888 e. The van der Waals surface area contributed by atoms with E-state index in [-0.39, 0.29) is 0 Å². The SMILES string of the molecule is c1ccc2c(c1)-c1c(-c3ccc4c(c3)-c3cccc5cccc(c35)S4)cccc1C21c2ccc3ccccc3c2-c2c1ccc1ccccc21. The predicted molar refractivity (Wildman–Crippen MR) is 210 cm³/mol. The maximum Gasteiger partial charge on any atom is 0.0726 e. The van der Waals surface area contributed by atoms with Crippen molar-refractivity contribution >= 4 is 44.1 Å². The van der Waals surface area contributed by atoms with E-state index in [1.54, 1.807) is 0 Å². The lowest BCUT2D eigenvalue weighted by molar-refractivity contribution is 0.795. The zero-order valence-corrected chi connectivity index (χ0v) is 27.9. The summed E-state index contributed by atoms with van der Waals surface area (Å²) >= 11 is 1.89. The Morgan fingerprint density at radius 1 is 0.340 bits per heavy atom. The van der Waals surface area contributed by atoms with Crippen LogP contribution in [0.15, 0.2) is 180 Å². The highest BCUT2D eigenvalue weighted by atomic mass is 32.2. The Labute approximate surface area is 294 Å². The Morgan fingerprint density at radius 3 is 1.70 bits per heavy atom. The summed E-state index contributed by atoms with van der Waals surface area (Å²) < 4.78 is 0. The summed E-state index contributed by atoms with van der Waals surface area (Å²) in [6, 6.07) is 64.2. The molecule has 230 valence electrons. The quantitative estimate of drug-likeness (QED) is 0.171. The lowest BCUT2D eigenvalue weighted by Gasteiger charge is -2.31. The highest BCUT2D eigenvalue weighted by molar-refractivity contribution is 7.99. The van der Waals surface area contributed by atoms with E-state index < -0.39 is 5.41 Å². The molecule has 0 nitrogen and oxygen atoms in total. The highest BCUT2D eigenvalue weighted by Crippen LogP contribution is 2.66. The fourth-order valence-corrected chi connectivity index (χ4v) is 10.9. The van der Waals surface area contributed by atoms with Crippen LogP contribution in [0.25, 0.3) is 76.8 Å². The molecule has 0 unspecified atom stereocenters. The van der Waals surface area contributed by atoms with Crippen molar-refractivity contribution in [1.82, 2.24) is 0 Å². The maximum absolute atomic E-state index is 2.45. The zero-order valence-electron chi connectivity index (χ0n) is 27.1. The smallest absolute Gasteiger partial charge is 0.0726 e. The van der Waals surface area contributed by atoms with Crippen molar-refractivity contribution in [3.05, 3.63) is 192 Å². The summed E-state index contributed by atoms with van der Waals surface area (Å²) in [5.41, 5.74) is 15.7. The second-order valence-electron chi connectivity index (χ2n) is 13.9. The summed E-state index contributed by atoms with van der Waals surface area (Å²) in [6.45, 7) is 0. The van der Waals surface area contributed by atoms with Gasteiger partial charge in [-0.15, -0.1) is 0 Å². The molecular formula is C49H28S. The van der Waals surface area contributed by atoms with Gasteiger partial charge in [-0.25, -0.2) is 0 Å². The molecule has 0 bridgehead atoms. The van der Waals surface area contributed by atoms with Crippen LogP contribution in [0.3, 0.4) is 0 Å². The van der Waals surface area contributed by atoms with Crippen molar-refractivity contribution in [2.24, 2.45) is 0 Å². The Kier molecular flexibility index (Phi) is 5.20. The highest BCUT2D eigenvalue weighted by Gasteiger charge is 2.53. The summed E-state index contributed by atoms with van der Waals surface area (Å²) in [7, 11) is 0. The van der Waals surface area contributed by atoms with Crippen LogP contribution >= 0.6 is 11.8 Å². The second kappa shape index (κ2) is 9.63. The molecule has 0 saturated carbocycles. The van der Waals surface area contributed by atoms with E-state index in [2.05, 4.69) is 170 Å². The van der Waals surface area contributed by atoms with Crippen LogP contribution < -0.4 is 0 Å². The largest absolute Gasteiger partial charge is 0.0888 e. The van der Waals surface area contributed by atoms with Crippen LogP contribution in [0.2, 0.25) is 0 Å². The molecule has 9 aromatic carbocycles. The van der Waals surface area contributed by atoms with E-state index in [4.69, 9.17) is 0 Å². The van der Waals surface area contributed by atoms with Crippen molar-refractivity contribution in [3.63, 3.8) is 0 Å². The van der Waals surface area contributed by atoms with E-state index >= 15 is 0 Å². The summed E-state index contributed by atoms with van der Waals surface area (Å²) in [5, 5.41) is 7.88. The zero-order chi connectivity index (χ0) is 32.6. The third-order valence-electron chi connectivity index (χ3n) is 11.7. The topological polar surface area (TPSA) is 0 Å². The van der Waals surface area contributed by atoms with Gasteiger partial charge >= 0.3 is 0 Å². The molecule has 1 heterocycles. The van der Waals surface area contributed by atoms with Gasteiger partial charge in [0.2, 0.25) is 0 Å². The number of rotatable bonds is 1. The van der Waals surface area contributed by atoms with Gasteiger partial charge in [0.1, 0.15) is 0 Å². The van der Waals surface area contributed by atoms with Crippen LogP contribution in [-0.2, 0) is 5.41 Å². The molecule has 9 aromatic rings. The third kappa shape index (κ3) is 3.24. The van der Waals surface area contributed by atoms with Gasteiger partial charge in [-0.3, -0.25) is 0 Å². The first-order valence-electron chi connectivity index (χ1n) is 17.4. The molecule has 2 aliphatic carbocycles. The molecule has 50 heavy (non-hydrogen) atoms. The van der Waals surface area contributed by atoms with Gasteiger partial charge < -0.3 is 0 Å². The van der Waals surface area contributed by atoms with Gasteiger partial charge in [0.15, 0.2) is 0 Å². The van der Waals surface area contributed by atoms with Gasteiger partial charge in [0, 0.05) is 15.2 Å². The Bertz CT molecular complexity index is 2870. The van der Waals surface area contributed by atoms with E-state index in [0.717, 1.165) is 0 Å². The predicted octanol–water partition coefficient (Wildman–Crippen LogP) is 13.3. The lowest BCUT2D eigenvalue weighted by Crippen LogP contribution is -2.25. The fraction of sp³-hybridized carbons (Fsp3) is 0.0204. The average Bonchev–Trinajstić information content (AvgIpc) is 3.66. The van der Waals surface area contributed by atoms with E-state index in [1.165, 1.54) is 109 Å². The molecule has 0 amide bonds. The molecule has 1 aliphatic heterocycles. The van der Waals surface area contributed by atoms with Gasteiger partial charge in [-0.2, -0.15) is 0 Å². The molecule has 1 heteroatoms. The molecule has 1 spiro atoms. The molecule has 3 aliphatic rings. The van der Waals surface area contributed by atoms with E-state index in [1.807, 2.05) is 11.8 Å². The Morgan fingerprint density at radius 2 is 0.920 bits per heavy atom. The van der Waals surface area contributed by atoms with Gasteiger partial charge in [0.25, 0.3) is 0 Å². The Hall–Kier alpha value is -5.89. The average molecular weight is 649 g/mol. The minimum absolute atomic E-state index is 0.421. The molecule has 0 atom stereocenters. The number of benzene rings is 9. The van der Waals surface area contributed by atoms with Crippen molar-refractivity contribution < 1.29 is 0 Å². The van der Waals surface area contributed by atoms with Gasteiger partial charge in [-0.1, -0.05) is 163 Å². The summed E-state index contributed by atoms with van der Waals surface area (Å²) in [5.74, 6) is 0. The second-order valence-corrected chi connectivity index (χ2v) is 15.0. The molecule has 0 N–H and O–H groups in total. The minimum atomic E-state index is -0.421. The first-order valence-corrected chi connectivity index (χ1v) is 18.2. The van der Waals surface area contributed by atoms with Crippen LogP contribution in [0.1, 0.15) is 22.3 Å². The van der Waals surface area contributed by atoms with Crippen LogP contribution in [0.4, 0.5) is 0 Å². The van der Waals surface area contributed by atoms with Gasteiger partial charge in [0.05, 0.1) is 5.41 Å². The Balaban J connectivity index is 1.18. The molecule has 12 rings (SSSR count). The number of hydrogen-bond acceptors (Lipinski definition) is 1. The molecular weight excluding hydrogens is 621 g/mol. The van der Waals surface area contributed by atoms with Crippen LogP contribution in [0, 0.1) is 0 Å². The van der Waals surface area contributed by atoms with Gasteiger partial charge in [-0.05, 0) is 112 Å². The number of fused-ring (bicyclic) bond motifs is 16. The van der Waals surface area contributed by atoms with Crippen molar-refractivity contribution in [2.45, 2.75) is 15.2 Å². The fourth-order valence-electron chi connectivity index (χ4n) is 9.73. The summed E-state index contributed by atoms with van der Waals surface area (Å²) in [6.07, 6.45) is 0. The third-order valence-corrected chi connectivity index (χ3v) is 12.8. The molecule has 0 saturated heterocycles. The molecule has 0 radical (unpaired) electrons.